The Kier molecular flexibility index (Phi) is 4.99. The van der Waals surface area contributed by atoms with Crippen molar-refractivity contribution in [2.45, 2.75) is 6.54 Å². The first-order chi connectivity index (χ1) is 9.65. The Balaban J connectivity index is 2.19. The average molecular weight is 312 g/mol. The SMILES string of the molecule is COc1cc(Cl)c(NCc2ccccc2Cl)cc1OC. The molecule has 0 saturated heterocycles. The van der Waals surface area contributed by atoms with Crippen molar-refractivity contribution in [1.29, 1.82) is 0 Å². The lowest BCUT2D eigenvalue weighted by Gasteiger charge is -2.13. The lowest BCUT2D eigenvalue weighted by Crippen LogP contribution is -2.01. The summed E-state index contributed by atoms with van der Waals surface area (Å²) in [7, 11) is 3.16. The van der Waals surface area contributed by atoms with Crippen molar-refractivity contribution in [2.24, 2.45) is 0 Å². The highest BCUT2D eigenvalue weighted by Gasteiger charge is 2.10. The van der Waals surface area contributed by atoms with Gasteiger partial charge in [-0.1, -0.05) is 41.4 Å². The Bertz CT molecular complexity index is 602. The highest BCUT2D eigenvalue weighted by Crippen LogP contribution is 2.36. The van der Waals surface area contributed by atoms with Crippen LogP contribution in [0.4, 0.5) is 5.69 Å². The number of benzene rings is 2. The molecular formula is C15H15Cl2NO2. The van der Waals surface area contributed by atoms with Gasteiger partial charge in [0.2, 0.25) is 0 Å². The van der Waals surface area contributed by atoms with E-state index in [4.69, 9.17) is 32.7 Å². The second kappa shape index (κ2) is 6.73. The second-order valence-corrected chi connectivity index (χ2v) is 4.95. The van der Waals surface area contributed by atoms with Crippen LogP contribution in [0.3, 0.4) is 0 Å². The molecule has 0 amide bonds. The summed E-state index contributed by atoms with van der Waals surface area (Å²) >= 11 is 12.3. The van der Waals surface area contributed by atoms with E-state index >= 15 is 0 Å². The molecule has 0 bridgehead atoms. The maximum atomic E-state index is 6.21. The largest absolute Gasteiger partial charge is 0.493 e. The second-order valence-electron chi connectivity index (χ2n) is 4.13. The summed E-state index contributed by atoms with van der Waals surface area (Å²) in [5.74, 6) is 1.22. The Morgan fingerprint density at radius 3 is 2.25 bits per heavy atom. The zero-order chi connectivity index (χ0) is 14.5. The van der Waals surface area contributed by atoms with Crippen LogP contribution in [0.25, 0.3) is 0 Å². The summed E-state index contributed by atoms with van der Waals surface area (Å²) in [6, 6.07) is 11.2. The number of anilines is 1. The van der Waals surface area contributed by atoms with Crippen LogP contribution in [-0.4, -0.2) is 14.2 Å². The van der Waals surface area contributed by atoms with Gasteiger partial charge in [-0.05, 0) is 11.6 Å². The van der Waals surface area contributed by atoms with Gasteiger partial charge in [0, 0.05) is 23.7 Å². The van der Waals surface area contributed by atoms with E-state index < -0.39 is 0 Å². The van der Waals surface area contributed by atoms with Gasteiger partial charge in [-0.25, -0.2) is 0 Å². The quantitative estimate of drug-likeness (QED) is 0.873. The molecule has 3 nitrogen and oxygen atoms in total. The van der Waals surface area contributed by atoms with E-state index in [2.05, 4.69) is 5.32 Å². The fraction of sp³-hybridized carbons (Fsp3) is 0.200. The zero-order valence-electron chi connectivity index (χ0n) is 11.2. The van der Waals surface area contributed by atoms with Gasteiger partial charge in [0.25, 0.3) is 0 Å². The molecule has 0 radical (unpaired) electrons. The molecule has 1 N–H and O–H groups in total. The molecule has 0 aliphatic carbocycles. The molecule has 20 heavy (non-hydrogen) atoms. The first-order valence-corrected chi connectivity index (χ1v) is 6.80. The molecule has 0 aromatic heterocycles. The summed E-state index contributed by atoms with van der Waals surface area (Å²) in [6.45, 7) is 0.578. The van der Waals surface area contributed by atoms with E-state index in [-0.39, 0.29) is 0 Å². The number of hydrogen-bond donors (Lipinski definition) is 1. The Morgan fingerprint density at radius 2 is 1.60 bits per heavy atom. The number of halogens is 2. The maximum absolute atomic E-state index is 6.21. The fourth-order valence-electron chi connectivity index (χ4n) is 1.82. The average Bonchev–Trinajstić information content (AvgIpc) is 2.47. The monoisotopic (exact) mass is 311 g/mol. The zero-order valence-corrected chi connectivity index (χ0v) is 12.8. The number of nitrogens with one attached hydrogen (secondary N) is 1. The van der Waals surface area contributed by atoms with Gasteiger partial charge in [0.05, 0.1) is 24.9 Å². The van der Waals surface area contributed by atoms with Crippen LogP contribution in [-0.2, 0) is 6.54 Å². The van der Waals surface area contributed by atoms with E-state index in [0.717, 1.165) is 16.3 Å². The smallest absolute Gasteiger partial charge is 0.162 e. The molecule has 106 valence electrons. The van der Waals surface area contributed by atoms with Crippen molar-refractivity contribution >= 4 is 28.9 Å². The molecule has 2 rings (SSSR count). The third-order valence-electron chi connectivity index (χ3n) is 2.90. The highest BCUT2D eigenvalue weighted by molar-refractivity contribution is 6.33. The van der Waals surface area contributed by atoms with E-state index in [1.165, 1.54) is 0 Å². The summed E-state index contributed by atoms with van der Waals surface area (Å²) < 4.78 is 10.5. The predicted molar refractivity (Wildman–Crippen MR) is 83.3 cm³/mol. The first-order valence-electron chi connectivity index (χ1n) is 6.04. The van der Waals surface area contributed by atoms with Crippen LogP contribution in [0.15, 0.2) is 36.4 Å². The third-order valence-corrected chi connectivity index (χ3v) is 3.58. The molecule has 0 aliphatic heterocycles. The van der Waals surface area contributed by atoms with Gasteiger partial charge in [0.1, 0.15) is 0 Å². The lowest BCUT2D eigenvalue weighted by atomic mass is 10.2. The molecule has 5 heteroatoms. The molecule has 0 fully saturated rings. The Hall–Kier alpha value is -1.58. The first kappa shape index (κ1) is 14.8. The van der Waals surface area contributed by atoms with Crippen molar-refractivity contribution in [3.63, 3.8) is 0 Å². The number of ether oxygens (including phenoxy) is 2. The Labute approximate surface area is 128 Å². The van der Waals surface area contributed by atoms with E-state index in [1.807, 2.05) is 24.3 Å². The number of hydrogen-bond acceptors (Lipinski definition) is 3. The standard InChI is InChI=1S/C15H15Cl2NO2/c1-19-14-7-12(17)13(8-15(14)20-2)18-9-10-5-3-4-6-11(10)16/h3-8,18H,9H2,1-2H3. The molecule has 0 aliphatic rings. The van der Waals surface area contributed by atoms with Gasteiger partial charge >= 0.3 is 0 Å². The minimum Gasteiger partial charge on any atom is -0.493 e. The minimum absolute atomic E-state index is 0.565. The molecule has 0 atom stereocenters. The molecular weight excluding hydrogens is 297 g/mol. The van der Waals surface area contributed by atoms with Crippen molar-refractivity contribution in [1.82, 2.24) is 0 Å². The van der Waals surface area contributed by atoms with Crippen LogP contribution < -0.4 is 14.8 Å². The predicted octanol–water partition coefficient (Wildman–Crippen LogP) is 4.62. The summed E-state index contributed by atoms with van der Waals surface area (Å²) in [5.41, 5.74) is 1.77. The van der Waals surface area contributed by atoms with E-state index in [1.54, 1.807) is 26.4 Å². The Morgan fingerprint density at radius 1 is 0.950 bits per heavy atom. The topological polar surface area (TPSA) is 30.5 Å². The molecule has 0 saturated carbocycles. The van der Waals surface area contributed by atoms with Crippen LogP contribution in [0.5, 0.6) is 11.5 Å². The molecule has 2 aromatic carbocycles. The number of methoxy groups -OCH3 is 2. The maximum Gasteiger partial charge on any atom is 0.162 e. The molecule has 0 spiro atoms. The third kappa shape index (κ3) is 3.30. The normalized spacial score (nSPS) is 10.2. The summed E-state index contributed by atoms with van der Waals surface area (Å²) in [5, 5.41) is 4.53. The molecule has 0 heterocycles. The summed E-state index contributed by atoms with van der Waals surface area (Å²) in [4.78, 5) is 0. The number of rotatable bonds is 5. The lowest BCUT2D eigenvalue weighted by molar-refractivity contribution is 0.355. The van der Waals surface area contributed by atoms with Crippen LogP contribution in [0.1, 0.15) is 5.56 Å². The van der Waals surface area contributed by atoms with Crippen LogP contribution >= 0.6 is 23.2 Å². The van der Waals surface area contributed by atoms with Gasteiger partial charge in [-0.3, -0.25) is 0 Å². The van der Waals surface area contributed by atoms with E-state index in [9.17, 15) is 0 Å². The summed E-state index contributed by atoms with van der Waals surface area (Å²) in [6.07, 6.45) is 0. The van der Waals surface area contributed by atoms with Gasteiger partial charge in [0.15, 0.2) is 11.5 Å². The van der Waals surface area contributed by atoms with Crippen molar-refractivity contribution in [2.75, 3.05) is 19.5 Å². The van der Waals surface area contributed by atoms with Crippen molar-refractivity contribution in [3.8, 4) is 11.5 Å². The van der Waals surface area contributed by atoms with Gasteiger partial charge in [-0.2, -0.15) is 0 Å². The van der Waals surface area contributed by atoms with Crippen molar-refractivity contribution in [3.05, 3.63) is 52.0 Å². The minimum atomic E-state index is 0.565. The van der Waals surface area contributed by atoms with Crippen LogP contribution in [0, 0.1) is 0 Å². The molecule has 2 aromatic rings. The molecule has 0 unspecified atom stereocenters. The van der Waals surface area contributed by atoms with Crippen LogP contribution in [0.2, 0.25) is 10.0 Å². The van der Waals surface area contributed by atoms with Crippen molar-refractivity contribution < 1.29 is 9.47 Å². The van der Waals surface area contributed by atoms with Gasteiger partial charge < -0.3 is 14.8 Å². The van der Waals surface area contributed by atoms with E-state index in [0.29, 0.717) is 23.1 Å². The highest BCUT2D eigenvalue weighted by atomic mass is 35.5. The fourth-order valence-corrected chi connectivity index (χ4v) is 2.24. The van der Waals surface area contributed by atoms with Gasteiger partial charge in [-0.15, -0.1) is 0 Å².